The van der Waals surface area contributed by atoms with E-state index in [1.165, 1.54) is 12.4 Å². The molecule has 1 aliphatic rings. The highest BCUT2D eigenvalue weighted by atomic mass is 32.2. The first-order valence-electron chi connectivity index (χ1n) is 7.46. The number of rotatable bonds is 7. The van der Waals surface area contributed by atoms with Crippen molar-refractivity contribution in [1.82, 2.24) is 14.9 Å². The van der Waals surface area contributed by atoms with Gasteiger partial charge in [-0.25, -0.2) is 23.2 Å². The minimum atomic E-state index is -3.47. The zero-order valence-corrected chi connectivity index (χ0v) is 14.3. The van der Waals surface area contributed by atoms with Crippen molar-refractivity contribution in [2.45, 2.75) is 36.9 Å². The summed E-state index contributed by atoms with van der Waals surface area (Å²) in [6.07, 6.45) is 7.42. The Morgan fingerprint density at radius 1 is 1.28 bits per heavy atom. The maximum absolute atomic E-state index is 11.7. The lowest BCUT2D eigenvalue weighted by Crippen LogP contribution is -2.44. The topological polar surface area (TPSA) is 135 Å². The van der Waals surface area contributed by atoms with Gasteiger partial charge in [-0.1, -0.05) is 12.2 Å². The number of carboxylic acid groups (broad SMARTS) is 1. The number of amides is 2. The summed E-state index contributed by atoms with van der Waals surface area (Å²) in [4.78, 5) is 42.9. The lowest BCUT2D eigenvalue weighted by Gasteiger charge is -2.21. The van der Waals surface area contributed by atoms with Gasteiger partial charge in [-0.3, -0.25) is 14.5 Å². The van der Waals surface area contributed by atoms with Crippen LogP contribution in [0.3, 0.4) is 0 Å². The molecule has 0 bridgehead atoms. The molecule has 25 heavy (non-hydrogen) atoms. The van der Waals surface area contributed by atoms with Crippen LogP contribution in [0.15, 0.2) is 23.6 Å². The van der Waals surface area contributed by atoms with Gasteiger partial charge in [0.15, 0.2) is 0 Å². The van der Waals surface area contributed by atoms with Crippen LogP contribution in [0.2, 0.25) is 0 Å². The van der Waals surface area contributed by atoms with Crippen molar-refractivity contribution in [3.8, 4) is 0 Å². The summed E-state index contributed by atoms with van der Waals surface area (Å²) < 4.78 is 22.5. The van der Waals surface area contributed by atoms with Crippen LogP contribution in [0.5, 0.6) is 0 Å². The molecule has 1 unspecified atom stereocenters. The van der Waals surface area contributed by atoms with Gasteiger partial charge in [0, 0.05) is 37.1 Å². The number of carboxylic acids is 1. The van der Waals surface area contributed by atoms with Crippen LogP contribution >= 0.6 is 0 Å². The minimum Gasteiger partial charge on any atom is -0.480 e. The van der Waals surface area contributed by atoms with Crippen LogP contribution in [0.4, 0.5) is 0 Å². The fourth-order valence-electron chi connectivity index (χ4n) is 2.38. The molecule has 1 N–H and O–H groups in total. The summed E-state index contributed by atoms with van der Waals surface area (Å²) in [5.41, 5.74) is 0.549. The van der Waals surface area contributed by atoms with Crippen molar-refractivity contribution in [2.75, 3.05) is 6.26 Å². The molecule has 1 aliphatic heterocycles. The molecule has 0 aromatic carbocycles. The van der Waals surface area contributed by atoms with Crippen molar-refractivity contribution in [3.05, 3.63) is 24.0 Å². The maximum atomic E-state index is 11.7. The third-order valence-electron chi connectivity index (χ3n) is 3.58. The SMILES string of the molecule is CS(=O)(=O)c1ncc(C=CCCC(C(=O)O)N2C(=O)CCC2=O)cn1. The smallest absolute Gasteiger partial charge is 0.326 e. The number of imide groups is 1. The molecule has 1 fully saturated rings. The first kappa shape index (κ1) is 18.7. The summed E-state index contributed by atoms with van der Waals surface area (Å²) in [6.45, 7) is 0. The second-order valence-corrected chi connectivity index (χ2v) is 7.47. The Bertz CT molecular complexity index is 800. The molecule has 2 rings (SSSR count). The molecule has 0 saturated carbocycles. The fourth-order valence-corrected chi connectivity index (χ4v) is 2.87. The number of sulfone groups is 1. The lowest BCUT2D eigenvalue weighted by atomic mass is 10.1. The van der Waals surface area contributed by atoms with Gasteiger partial charge in [-0.15, -0.1) is 0 Å². The quantitative estimate of drug-likeness (QED) is 0.536. The second kappa shape index (κ2) is 7.51. The van der Waals surface area contributed by atoms with Crippen molar-refractivity contribution >= 4 is 33.7 Å². The molecule has 9 nitrogen and oxygen atoms in total. The van der Waals surface area contributed by atoms with Gasteiger partial charge in [-0.2, -0.15) is 0 Å². The Morgan fingerprint density at radius 3 is 2.32 bits per heavy atom. The predicted molar refractivity (Wildman–Crippen MR) is 85.9 cm³/mol. The van der Waals surface area contributed by atoms with E-state index >= 15 is 0 Å². The number of aromatic nitrogens is 2. The van der Waals surface area contributed by atoms with Crippen LogP contribution in [0, 0.1) is 0 Å². The van der Waals surface area contributed by atoms with E-state index in [1.54, 1.807) is 12.2 Å². The number of carbonyl (C=O) groups is 3. The third kappa shape index (κ3) is 4.69. The molecule has 10 heteroatoms. The fraction of sp³-hybridized carbons (Fsp3) is 0.400. The van der Waals surface area contributed by atoms with Gasteiger partial charge in [0.25, 0.3) is 0 Å². The second-order valence-electron chi connectivity index (χ2n) is 5.56. The van der Waals surface area contributed by atoms with Gasteiger partial charge in [0.05, 0.1) is 0 Å². The van der Waals surface area contributed by atoms with Gasteiger partial charge in [-0.05, 0) is 12.8 Å². The van der Waals surface area contributed by atoms with E-state index in [0.29, 0.717) is 12.0 Å². The van der Waals surface area contributed by atoms with Crippen LogP contribution in [-0.4, -0.2) is 58.5 Å². The number of likely N-dealkylation sites (tertiary alicyclic amines) is 1. The number of hydrogen-bond donors (Lipinski definition) is 1. The van der Waals surface area contributed by atoms with E-state index in [1.807, 2.05) is 0 Å². The van der Waals surface area contributed by atoms with E-state index in [4.69, 9.17) is 0 Å². The Labute approximate surface area is 144 Å². The zero-order valence-electron chi connectivity index (χ0n) is 13.5. The molecule has 0 radical (unpaired) electrons. The van der Waals surface area contributed by atoms with Crippen LogP contribution < -0.4 is 0 Å². The molecule has 2 heterocycles. The van der Waals surface area contributed by atoms with E-state index < -0.39 is 33.7 Å². The van der Waals surface area contributed by atoms with E-state index in [-0.39, 0.29) is 24.4 Å². The Kier molecular flexibility index (Phi) is 5.62. The van der Waals surface area contributed by atoms with E-state index in [9.17, 15) is 27.9 Å². The van der Waals surface area contributed by atoms with Crippen molar-refractivity contribution in [1.29, 1.82) is 0 Å². The monoisotopic (exact) mass is 367 g/mol. The largest absolute Gasteiger partial charge is 0.480 e. The highest BCUT2D eigenvalue weighted by Crippen LogP contribution is 2.19. The van der Waals surface area contributed by atoms with Crippen molar-refractivity contribution in [2.24, 2.45) is 0 Å². The summed E-state index contributed by atoms with van der Waals surface area (Å²) in [6, 6.07) is -1.18. The maximum Gasteiger partial charge on any atom is 0.326 e. The highest BCUT2D eigenvalue weighted by molar-refractivity contribution is 7.90. The molecule has 0 spiro atoms. The van der Waals surface area contributed by atoms with Crippen molar-refractivity contribution in [3.63, 3.8) is 0 Å². The Balaban J connectivity index is 1.98. The molecule has 1 saturated heterocycles. The van der Waals surface area contributed by atoms with Crippen LogP contribution in [0.25, 0.3) is 6.08 Å². The van der Waals surface area contributed by atoms with Gasteiger partial charge in [0.1, 0.15) is 6.04 Å². The van der Waals surface area contributed by atoms with Crippen LogP contribution in [0.1, 0.15) is 31.2 Å². The van der Waals surface area contributed by atoms with Gasteiger partial charge in [0.2, 0.25) is 26.8 Å². The average Bonchev–Trinajstić information content (AvgIpc) is 2.86. The van der Waals surface area contributed by atoms with E-state index in [0.717, 1.165) is 11.2 Å². The standard InChI is InChI=1S/C15H17N3O6S/c1-25(23,24)15-16-8-10(9-17-15)4-2-3-5-11(14(21)22)18-12(19)6-7-13(18)20/h2,4,8-9,11H,3,5-7H2,1H3,(H,21,22). The van der Waals surface area contributed by atoms with Gasteiger partial charge >= 0.3 is 5.97 Å². The van der Waals surface area contributed by atoms with Crippen molar-refractivity contribution < 1.29 is 27.9 Å². The Morgan fingerprint density at radius 2 is 1.84 bits per heavy atom. The normalized spacial score (nSPS) is 16.6. The predicted octanol–water partition coefficient (Wildman–Crippen LogP) is 0.276. The molecule has 134 valence electrons. The molecule has 1 atom stereocenters. The average molecular weight is 367 g/mol. The molecule has 0 aliphatic carbocycles. The molecular formula is C15H17N3O6S. The number of hydrogen-bond acceptors (Lipinski definition) is 7. The summed E-state index contributed by atoms with van der Waals surface area (Å²) in [5.74, 6) is -2.16. The molecular weight excluding hydrogens is 350 g/mol. The Hall–Kier alpha value is -2.62. The van der Waals surface area contributed by atoms with E-state index in [2.05, 4.69) is 9.97 Å². The number of aliphatic carboxylic acids is 1. The summed E-state index contributed by atoms with van der Waals surface area (Å²) >= 11 is 0. The molecule has 1 aromatic heterocycles. The number of allylic oxidation sites excluding steroid dienone is 1. The lowest BCUT2D eigenvalue weighted by molar-refractivity contribution is -0.154. The number of nitrogens with zero attached hydrogens (tertiary/aromatic N) is 3. The zero-order chi connectivity index (χ0) is 18.6. The van der Waals surface area contributed by atoms with Gasteiger partial charge < -0.3 is 5.11 Å². The number of carbonyl (C=O) groups excluding carboxylic acids is 2. The first-order chi connectivity index (χ1) is 11.7. The molecule has 1 aromatic rings. The summed E-state index contributed by atoms with van der Waals surface area (Å²) in [5, 5.41) is 8.97. The molecule has 2 amide bonds. The minimum absolute atomic E-state index is 0.0441. The third-order valence-corrected chi connectivity index (χ3v) is 4.46. The first-order valence-corrected chi connectivity index (χ1v) is 9.35. The van der Waals surface area contributed by atoms with Crippen LogP contribution in [-0.2, 0) is 24.2 Å². The summed E-state index contributed by atoms with van der Waals surface area (Å²) in [7, 11) is -3.47. The highest BCUT2D eigenvalue weighted by Gasteiger charge is 2.38.